The normalized spacial score (nSPS) is 17.9. The summed E-state index contributed by atoms with van der Waals surface area (Å²) >= 11 is 0. The fraction of sp³-hybridized carbons (Fsp3) is 0.308. The molecule has 1 unspecified atom stereocenters. The molecule has 176 valence electrons. The first-order valence-corrected chi connectivity index (χ1v) is 11.3. The maximum Gasteiger partial charge on any atom is 0.168 e. The Balaban J connectivity index is 1.41. The van der Waals surface area contributed by atoms with Gasteiger partial charge in [0.1, 0.15) is 24.0 Å². The van der Waals surface area contributed by atoms with Crippen LogP contribution >= 0.6 is 0 Å². The van der Waals surface area contributed by atoms with Gasteiger partial charge < -0.3 is 19.0 Å². The van der Waals surface area contributed by atoms with E-state index in [0.717, 1.165) is 59.6 Å². The molecule has 0 bridgehead atoms. The third-order valence-corrected chi connectivity index (χ3v) is 6.24. The van der Waals surface area contributed by atoms with E-state index in [1.165, 1.54) is 12.1 Å². The van der Waals surface area contributed by atoms with Gasteiger partial charge in [-0.25, -0.2) is 13.8 Å². The van der Waals surface area contributed by atoms with Gasteiger partial charge in [-0.2, -0.15) is 0 Å². The van der Waals surface area contributed by atoms with Gasteiger partial charge in [-0.05, 0) is 73.2 Å². The smallest absolute Gasteiger partial charge is 0.168 e. The third kappa shape index (κ3) is 4.53. The topological polar surface area (TPSA) is 51.9 Å². The molecule has 1 atom stereocenters. The zero-order valence-corrected chi connectivity index (χ0v) is 19.2. The highest BCUT2D eigenvalue weighted by Gasteiger charge is 2.28. The number of hydrogen-bond donors (Lipinski definition) is 0. The van der Waals surface area contributed by atoms with Crippen molar-refractivity contribution in [1.82, 2.24) is 14.5 Å². The third-order valence-electron chi connectivity index (χ3n) is 6.24. The number of methoxy groups -OCH3 is 1. The van der Waals surface area contributed by atoms with Crippen molar-refractivity contribution in [2.45, 2.75) is 32.2 Å². The van der Waals surface area contributed by atoms with E-state index in [4.69, 9.17) is 9.57 Å². The molecule has 3 heterocycles. The van der Waals surface area contributed by atoms with E-state index < -0.39 is 11.6 Å². The maximum atomic E-state index is 13.7. The van der Waals surface area contributed by atoms with Crippen molar-refractivity contribution < 1.29 is 18.4 Å². The second kappa shape index (κ2) is 9.29. The van der Waals surface area contributed by atoms with E-state index in [1.54, 1.807) is 13.4 Å². The summed E-state index contributed by atoms with van der Waals surface area (Å²) in [5, 5.41) is 4.30. The van der Waals surface area contributed by atoms with Gasteiger partial charge in [0, 0.05) is 18.8 Å². The van der Waals surface area contributed by atoms with Crippen molar-refractivity contribution in [3.05, 3.63) is 83.5 Å². The molecular formula is C26H26F2N4O2. The van der Waals surface area contributed by atoms with E-state index in [2.05, 4.69) is 21.1 Å². The molecule has 2 aliphatic heterocycles. The van der Waals surface area contributed by atoms with Crippen LogP contribution in [0, 0.1) is 18.6 Å². The Morgan fingerprint density at radius 3 is 2.71 bits per heavy atom. The first-order valence-electron chi connectivity index (χ1n) is 11.3. The van der Waals surface area contributed by atoms with E-state index in [1.807, 2.05) is 35.9 Å². The number of aryl methyl sites for hydroxylation is 1. The van der Waals surface area contributed by atoms with Crippen LogP contribution in [0.3, 0.4) is 0 Å². The summed E-state index contributed by atoms with van der Waals surface area (Å²) in [4.78, 5) is 12.0. The molecule has 5 rings (SSSR count). The molecule has 1 aromatic heterocycles. The second-order valence-electron chi connectivity index (χ2n) is 8.66. The molecule has 8 heteroatoms. The zero-order chi connectivity index (χ0) is 23.7. The highest BCUT2D eigenvalue weighted by molar-refractivity contribution is 6.00. The lowest BCUT2D eigenvalue weighted by molar-refractivity contribution is 0.0619. The lowest BCUT2D eigenvalue weighted by Crippen LogP contribution is -2.46. The number of fused-ring (bicyclic) bond motifs is 1. The lowest BCUT2D eigenvalue weighted by Gasteiger charge is -2.34. The number of nitrogens with zero attached hydrogens (tertiary/aromatic N) is 4. The van der Waals surface area contributed by atoms with Crippen molar-refractivity contribution in [2.75, 3.05) is 20.3 Å². The van der Waals surface area contributed by atoms with Gasteiger partial charge in [0.15, 0.2) is 5.84 Å². The molecule has 3 aromatic rings. The number of allylic oxidation sites excluding steroid dienone is 1. The van der Waals surface area contributed by atoms with Gasteiger partial charge in [0.2, 0.25) is 0 Å². The largest absolute Gasteiger partial charge is 0.495 e. The van der Waals surface area contributed by atoms with Crippen LogP contribution in [0.1, 0.15) is 29.7 Å². The minimum Gasteiger partial charge on any atom is -0.495 e. The van der Waals surface area contributed by atoms with Crippen molar-refractivity contribution >= 4 is 11.4 Å². The zero-order valence-electron chi connectivity index (χ0n) is 19.2. The van der Waals surface area contributed by atoms with E-state index in [0.29, 0.717) is 18.6 Å². The lowest BCUT2D eigenvalue weighted by atomic mass is 10.0. The van der Waals surface area contributed by atoms with Crippen LogP contribution < -0.4 is 4.74 Å². The average Bonchev–Trinajstić information content (AvgIpc) is 3.12. The summed E-state index contributed by atoms with van der Waals surface area (Å²) < 4.78 is 35.0. The highest BCUT2D eigenvalue weighted by atomic mass is 19.1. The Bertz CT molecular complexity index is 1250. The number of halogens is 2. The Kier molecular flexibility index (Phi) is 6.04. The predicted octanol–water partition coefficient (Wildman–Crippen LogP) is 4.90. The number of benzene rings is 2. The standard InChI is InChI=1S/C26H26F2N4O2/c1-17-14-31(16-29-17)24-6-5-20(11-25(24)33-2)19-4-3-7-32-23(15-34-30-26(32)12-19)10-18-8-21(27)13-22(28)9-18/h5-6,8-9,11-14,16,23H,3-4,7,10,15H2,1-2H3. The van der Waals surface area contributed by atoms with Gasteiger partial charge in [-0.1, -0.05) is 11.2 Å². The minimum atomic E-state index is -0.568. The van der Waals surface area contributed by atoms with Crippen LogP contribution in [0.5, 0.6) is 5.75 Å². The molecule has 0 radical (unpaired) electrons. The molecule has 0 N–H and O–H groups in total. The van der Waals surface area contributed by atoms with Crippen molar-refractivity contribution in [1.29, 1.82) is 0 Å². The number of ether oxygens (including phenoxy) is 1. The summed E-state index contributed by atoms with van der Waals surface area (Å²) in [6.45, 7) is 3.11. The van der Waals surface area contributed by atoms with Gasteiger partial charge in [-0.15, -0.1) is 0 Å². The number of aromatic nitrogens is 2. The maximum absolute atomic E-state index is 13.7. The minimum absolute atomic E-state index is 0.0503. The number of oxime groups is 1. The SMILES string of the molecule is COc1cc(C2=CC3=NOCC(Cc4cc(F)cc(F)c4)N3CCC2)ccc1-n1cnc(C)c1. The average molecular weight is 465 g/mol. The Morgan fingerprint density at radius 2 is 1.97 bits per heavy atom. The van der Waals surface area contributed by atoms with E-state index >= 15 is 0 Å². The Morgan fingerprint density at radius 1 is 1.15 bits per heavy atom. The quantitative estimate of drug-likeness (QED) is 0.539. The molecule has 0 fully saturated rings. The number of hydrogen-bond acceptors (Lipinski definition) is 5. The molecule has 0 saturated heterocycles. The summed E-state index contributed by atoms with van der Waals surface area (Å²) in [7, 11) is 1.66. The van der Waals surface area contributed by atoms with Gasteiger partial charge in [-0.3, -0.25) is 0 Å². The van der Waals surface area contributed by atoms with Crippen LogP contribution in [0.25, 0.3) is 11.3 Å². The summed E-state index contributed by atoms with van der Waals surface area (Å²) in [6, 6.07) is 9.73. The molecule has 0 amide bonds. The Labute approximate surface area is 197 Å². The summed E-state index contributed by atoms with van der Waals surface area (Å²) in [5.41, 5.74) is 4.65. The van der Waals surface area contributed by atoms with Crippen molar-refractivity contribution in [3.63, 3.8) is 0 Å². The molecule has 2 aromatic carbocycles. The van der Waals surface area contributed by atoms with Gasteiger partial charge in [0.05, 0.1) is 30.9 Å². The first kappa shape index (κ1) is 22.1. The molecular weight excluding hydrogens is 438 g/mol. The van der Waals surface area contributed by atoms with Crippen LogP contribution in [-0.2, 0) is 11.3 Å². The van der Waals surface area contributed by atoms with E-state index in [-0.39, 0.29) is 6.04 Å². The summed E-state index contributed by atoms with van der Waals surface area (Å²) in [6.07, 6.45) is 8.03. The second-order valence-corrected chi connectivity index (χ2v) is 8.66. The first-order chi connectivity index (χ1) is 16.5. The fourth-order valence-corrected chi connectivity index (χ4v) is 4.63. The van der Waals surface area contributed by atoms with Crippen LogP contribution in [-0.4, -0.2) is 46.6 Å². The number of imidazole rings is 1. The fourth-order valence-electron chi connectivity index (χ4n) is 4.63. The highest BCUT2D eigenvalue weighted by Crippen LogP contribution is 2.32. The Hall–Kier alpha value is -3.68. The summed E-state index contributed by atoms with van der Waals surface area (Å²) in [5.74, 6) is 0.350. The van der Waals surface area contributed by atoms with Crippen molar-refractivity contribution in [3.8, 4) is 11.4 Å². The molecule has 2 aliphatic rings. The molecule has 0 spiro atoms. The van der Waals surface area contributed by atoms with Crippen molar-refractivity contribution in [2.24, 2.45) is 5.16 Å². The molecule has 6 nitrogen and oxygen atoms in total. The van der Waals surface area contributed by atoms with Crippen LogP contribution in [0.2, 0.25) is 0 Å². The van der Waals surface area contributed by atoms with Crippen LogP contribution in [0.4, 0.5) is 8.78 Å². The molecule has 0 aliphatic carbocycles. The number of amidine groups is 1. The van der Waals surface area contributed by atoms with Gasteiger partial charge >= 0.3 is 0 Å². The number of rotatable bonds is 5. The molecule has 34 heavy (non-hydrogen) atoms. The monoisotopic (exact) mass is 464 g/mol. The molecule has 0 saturated carbocycles. The van der Waals surface area contributed by atoms with Crippen LogP contribution in [0.15, 0.2) is 60.2 Å². The van der Waals surface area contributed by atoms with Gasteiger partial charge in [0.25, 0.3) is 0 Å². The van der Waals surface area contributed by atoms with E-state index in [9.17, 15) is 8.78 Å². The predicted molar refractivity (Wildman–Crippen MR) is 126 cm³/mol.